The molecule has 0 aliphatic carbocycles. The molecular weight excluding hydrogens is 494 g/mol. The Bertz CT molecular complexity index is 1580. The van der Waals surface area contributed by atoms with Gasteiger partial charge in [0.2, 0.25) is 10.0 Å². The van der Waals surface area contributed by atoms with Crippen LogP contribution in [0.25, 0.3) is 22.3 Å². The summed E-state index contributed by atoms with van der Waals surface area (Å²) in [5.41, 5.74) is 2.41. The molecule has 2 fully saturated rings. The van der Waals surface area contributed by atoms with Crippen LogP contribution in [-0.4, -0.2) is 79.7 Å². The predicted octanol–water partition coefficient (Wildman–Crippen LogP) is 2.20. The molecule has 192 valence electrons. The van der Waals surface area contributed by atoms with Crippen LogP contribution in [0.4, 0.5) is 0 Å². The highest BCUT2D eigenvalue weighted by Gasteiger charge is 2.48. The molecule has 0 bridgehead atoms. The number of nitrogens with one attached hydrogen (secondary N) is 1. The Morgan fingerprint density at radius 1 is 1.24 bits per heavy atom. The van der Waals surface area contributed by atoms with Gasteiger partial charge in [0.1, 0.15) is 28.1 Å². The van der Waals surface area contributed by atoms with Crippen molar-refractivity contribution in [1.29, 1.82) is 5.26 Å². The molecular formula is C24H27N9O3S. The Labute approximate surface area is 213 Å². The number of hydrogen-bond acceptors (Lipinski definition) is 9. The number of likely N-dealkylation sites (tertiary alicyclic amines) is 1. The molecule has 6 rings (SSSR count). The highest BCUT2D eigenvalue weighted by molar-refractivity contribution is 7.89. The van der Waals surface area contributed by atoms with Crippen molar-refractivity contribution in [3.05, 3.63) is 42.4 Å². The lowest BCUT2D eigenvalue weighted by molar-refractivity contribution is -0.0382. The fourth-order valence-corrected chi connectivity index (χ4v) is 7.44. The number of fused-ring (bicyclic) bond motifs is 1. The van der Waals surface area contributed by atoms with E-state index in [0.29, 0.717) is 44.1 Å². The summed E-state index contributed by atoms with van der Waals surface area (Å²) in [5.74, 6) is 0.321. The average Bonchev–Trinajstić information content (AvgIpc) is 3.61. The SMILES string of the molecule is Cc1noc(C)c1S(=O)(=O)N1CCC(N2CC(CC#N)(n3cc(-c4ncnc5[nH]ccc45)cn3)C2)CC1. The summed E-state index contributed by atoms with van der Waals surface area (Å²) >= 11 is 0. The van der Waals surface area contributed by atoms with Crippen molar-refractivity contribution in [3.63, 3.8) is 0 Å². The maximum atomic E-state index is 13.2. The molecule has 0 radical (unpaired) electrons. The molecule has 2 aliphatic heterocycles. The van der Waals surface area contributed by atoms with Gasteiger partial charge in [-0.15, -0.1) is 0 Å². The van der Waals surface area contributed by atoms with E-state index in [9.17, 15) is 13.7 Å². The first kappa shape index (κ1) is 23.8. The first-order valence-corrected chi connectivity index (χ1v) is 13.6. The zero-order chi connectivity index (χ0) is 25.8. The summed E-state index contributed by atoms with van der Waals surface area (Å²) in [6.45, 7) is 5.52. The summed E-state index contributed by atoms with van der Waals surface area (Å²) in [6.07, 6.45) is 8.90. The van der Waals surface area contributed by atoms with Crippen LogP contribution >= 0.6 is 0 Å². The molecule has 0 atom stereocenters. The molecule has 0 saturated carbocycles. The molecule has 0 unspecified atom stereocenters. The van der Waals surface area contributed by atoms with Crippen LogP contribution in [0, 0.1) is 25.2 Å². The number of aromatic nitrogens is 6. The van der Waals surface area contributed by atoms with Gasteiger partial charge in [-0.2, -0.15) is 14.7 Å². The number of rotatable bonds is 6. The predicted molar refractivity (Wildman–Crippen MR) is 133 cm³/mol. The summed E-state index contributed by atoms with van der Waals surface area (Å²) in [6, 6.07) is 4.53. The molecule has 0 amide bonds. The van der Waals surface area contributed by atoms with E-state index in [1.165, 1.54) is 10.6 Å². The number of H-pyrrole nitrogens is 1. The highest BCUT2D eigenvalue weighted by Crippen LogP contribution is 2.38. The number of aromatic amines is 1. The van der Waals surface area contributed by atoms with Gasteiger partial charge in [0.15, 0.2) is 5.76 Å². The number of nitrogens with zero attached hydrogens (tertiary/aromatic N) is 8. The van der Waals surface area contributed by atoms with Crippen molar-refractivity contribution < 1.29 is 12.9 Å². The Hall–Kier alpha value is -3.60. The zero-order valence-corrected chi connectivity index (χ0v) is 21.4. The monoisotopic (exact) mass is 521 g/mol. The molecule has 37 heavy (non-hydrogen) atoms. The maximum Gasteiger partial charge on any atom is 0.248 e. The third-order valence-corrected chi connectivity index (χ3v) is 9.75. The third kappa shape index (κ3) is 3.83. The van der Waals surface area contributed by atoms with E-state index in [0.717, 1.165) is 35.1 Å². The highest BCUT2D eigenvalue weighted by atomic mass is 32.2. The normalized spacial score (nSPS) is 19.2. The fourth-order valence-electron chi connectivity index (χ4n) is 5.68. The molecule has 0 aromatic carbocycles. The number of nitriles is 1. The van der Waals surface area contributed by atoms with Gasteiger partial charge in [0.25, 0.3) is 0 Å². The van der Waals surface area contributed by atoms with Gasteiger partial charge in [0.05, 0.1) is 24.4 Å². The van der Waals surface area contributed by atoms with Crippen molar-refractivity contribution in [2.75, 3.05) is 26.2 Å². The average molecular weight is 522 g/mol. The smallest absolute Gasteiger partial charge is 0.248 e. The van der Waals surface area contributed by atoms with E-state index >= 15 is 0 Å². The molecule has 0 spiro atoms. The number of piperidine rings is 1. The van der Waals surface area contributed by atoms with E-state index < -0.39 is 15.6 Å². The van der Waals surface area contributed by atoms with Crippen molar-refractivity contribution in [2.24, 2.45) is 0 Å². The number of sulfonamides is 1. The topological polar surface area (TPSA) is 150 Å². The maximum absolute atomic E-state index is 13.2. The van der Waals surface area contributed by atoms with Gasteiger partial charge in [-0.05, 0) is 32.8 Å². The van der Waals surface area contributed by atoms with Crippen LogP contribution in [0.3, 0.4) is 0 Å². The summed E-state index contributed by atoms with van der Waals surface area (Å²) < 4.78 is 34.8. The van der Waals surface area contributed by atoms with Gasteiger partial charge in [-0.25, -0.2) is 18.4 Å². The van der Waals surface area contributed by atoms with E-state index in [1.54, 1.807) is 20.0 Å². The van der Waals surface area contributed by atoms with Crippen molar-refractivity contribution in [3.8, 4) is 17.3 Å². The minimum absolute atomic E-state index is 0.179. The number of hydrogen-bond donors (Lipinski definition) is 1. The molecule has 1 N–H and O–H groups in total. The van der Waals surface area contributed by atoms with Gasteiger partial charge >= 0.3 is 0 Å². The van der Waals surface area contributed by atoms with Crippen LogP contribution < -0.4 is 0 Å². The molecule has 2 saturated heterocycles. The van der Waals surface area contributed by atoms with E-state index in [1.807, 2.05) is 23.1 Å². The van der Waals surface area contributed by atoms with Gasteiger partial charge in [-0.1, -0.05) is 5.16 Å². The second-order valence-corrected chi connectivity index (χ2v) is 11.8. The largest absolute Gasteiger partial charge is 0.360 e. The lowest BCUT2D eigenvalue weighted by Gasteiger charge is -2.53. The van der Waals surface area contributed by atoms with Crippen LogP contribution in [-0.2, 0) is 15.6 Å². The summed E-state index contributed by atoms with van der Waals surface area (Å²) in [5, 5.41) is 19.0. The summed E-state index contributed by atoms with van der Waals surface area (Å²) in [7, 11) is -3.64. The lowest BCUT2D eigenvalue weighted by atomic mass is 9.84. The van der Waals surface area contributed by atoms with E-state index in [-0.39, 0.29) is 10.9 Å². The molecule has 4 aromatic rings. The second kappa shape index (κ2) is 8.76. The summed E-state index contributed by atoms with van der Waals surface area (Å²) in [4.78, 5) is 14.3. The Morgan fingerprint density at radius 3 is 2.73 bits per heavy atom. The standard InChI is InChI=1S/C24H27N9O3S/c1-16-22(17(2)36-30-16)37(34,35)32-9-4-19(5-10-32)31-13-24(14-31,6-7-25)33-12-18(11-29-33)21-20-3-8-26-23(20)28-15-27-21/h3,8,11-12,15,19H,4-6,9-10,13-14H2,1-2H3,(H,26,27,28). The van der Waals surface area contributed by atoms with E-state index in [4.69, 9.17) is 4.52 Å². The van der Waals surface area contributed by atoms with Gasteiger partial charge in [-0.3, -0.25) is 9.58 Å². The van der Waals surface area contributed by atoms with Crippen molar-refractivity contribution >= 4 is 21.1 Å². The van der Waals surface area contributed by atoms with Crippen LogP contribution in [0.5, 0.6) is 0 Å². The Balaban J connectivity index is 1.15. The molecule has 12 nitrogen and oxygen atoms in total. The zero-order valence-electron chi connectivity index (χ0n) is 20.6. The van der Waals surface area contributed by atoms with E-state index in [2.05, 4.69) is 36.2 Å². The van der Waals surface area contributed by atoms with Gasteiger partial charge in [0, 0.05) is 55.6 Å². The van der Waals surface area contributed by atoms with Crippen LogP contribution in [0.15, 0.2) is 40.4 Å². The van der Waals surface area contributed by atoms with Crippen molar-refractivity contribution in [1.82, 2.24) is 39.1 Å². The number of aryl methyl sites for hydroxylation is 2. The first-order chi connectivity index (χ1) is 17.8. The van der Waals surface area contributed by atoms with Gasteiger partial charge < -0.3 is 9.51 Å². The minimum atomic E-state index is -3.64. The Kier molecular flexibility index (Phi) is 5.63. The van der Waals surface area contributed by atoms with Crippen LogP contribution in [0.2, 0.25) is 0 Å². The first-order valence-electron chi connectivity index (χ1n) is 12.2. The second-order valence-electron chi connectivity index (χ2n) is 9.89. The van der Waals surface area contributed by atoms with Crippen molar-refractivity contribution in [2.45, 2.75) is 49.6 Å². The molecule has 6 heterocycles. The fraction of sp³-hybridized carbons (Fsp3) is 0.458. The van der Waals surface area contributed by atoms with Crippen LogP contribution in [0.1, 0.15) is 30.7 Å². The Morgan fingerprint density at radius 2 is 2.03 bits per heavy atom. The lowest BCUT2D eigenvalue weighted by Crippen LogP contribution is -2.66. The third-order valence-electron chi connectivity index (χ3n) is 7.60. The quantitative estimate of drug-likeness (QED) is 0.403. The minimum Gasteiger partial charge on any atom is -0.360 e. The molecule has 4 aromatic heterocycles. The molecule has 2 aliphatic rings. The molecule has 13 heteroatoms.